The maximum atomic E-state index is 12.6. The molecule has 0 aliphatic heterocycles. The lowest BCUT2D eigenvalue weighted by molar-refractivity contribution is -0.113. The van der Waals surface area contributed by atoms with Gasteiger partial charge in [-0.15, -0.1) is 0 Å². The van der Waals surface area contributed by atoms with E-state index in [0.717, 1.165) is 10.9 Å². The highest BCUT2D eigenvalue weighted by Crippen LogP contribution is 2.24. The Hall–Kier alpha value is -3.07. The lowest BCUT2D eigenvalue weighted by atomic mass is 10.2. The van der Waals surface area contributed by atoms with E-state index in [1.807, 2.05) is 24.3 Å². The quantitative estimate of drug-likeness (QED) is 0.423. The average Bonchev–Trinajstić information content (AvgIpc) is 3.20. The third kappa shape index (κ3) is 2.86. The number of fused-ring (bicyclic) bond motifs is 3. The second-order valence-electron chi connectivity index (χ2n) is 5.81. The van der Waals surface area contributed by atoms with E-state index in [4.69, 9.17) is 4.52 Å². The molecule has 1 aromatic carbocycles. The van der Waals surface area contributed by atoms with E-state index in [-0.39, 0.29) is 17.2 Å². The number of aromatic nitrogens is 4. The molecule has 0 fully saturated rings. The Labute approximate surface area is 151 Å². The number of amides is 1. The van der Waals surface area contributed by atoms with Gasteiger partial charge in [-0.3, -0.25) is 14.2 Å². The third-order valence-corrected chi connectivity index (χ3v) is 4.95. The zero-order valence-corrected chi connectivity index (χ0v) is 14.9. The number of hydrogen-bond donors (Lipinski definition) is 2. The van der Waals surface area contributed by atoms with Gasteiger partial charge < -0.3 is 14.8 Å². The highest BCUT2D eigenvalue weighted by Gasteiger charge is 2.15. The number of nitrogens with one attached hydrogen (secondary N) is 2. The Morgan fingerprint density at radius 2 is 2.19 bits per heavy atom. The van der Waals surface area contributed by atoms with Gasteiger partial charge in [0.1, 0.15) is 16.8 Å². The second kappa shape index (κ2) is 6.34. The minimum absolute atomic E-state index is 0.0973. The highest BCUT2D eigenvalue weighted by atomic mass is 32.2. The van der Waals surface area contributed by atoms with Gasteiger partial charge in [0.2, 0.25) is 5.91 Å². The van der Waals surface area contributed by atoms with E-state index < -0.39 is 0 Å². The van der Waals surface area contributed by atoms with Crippen molar-refractivity contribution in [2.24, 2.45) is 7.05 Å². The van der Waals surface area contributed by atoms with Crippen LogP contribution in [0.15, 0.2) is 44.8 Å². The molecule has 0 spiro atoms. The molecule has 3 aromatic heterocycles. The van der Waals surface area contributed by atoms with E-state index in [2.05, 4.69) is 20.4 Å². The minimum atomic E-state index is -0.253. The number of carbonyl (C=O) groups is 1. The van der Waals surface area contributed by atoms with Crippen molar-refractivity contribution in [3.63, 3.8) is 0 Å². The summed E-state index contributed by atoms with van der Waals surface area (Å²) < 4.78 is 6.35. The van der Waals surface area contributed by atoms with E-state index in [0.29, 0.717) is 27.8 Å². The van der Waals surface area contributed by atoms with Crippen molar-refractivity contribution in [2.45, 2.75) is 12.1 Å². The summed E-state index contributed by atoms with van der Waals surface area (Å²) >= 11 is 1.19. The maximum absolute atomic E-state index is 12.6. The molecular formula is C17H15N5O3S. The smallest absolute Gasteiger partial charge is 0.278 e. The number of para-hydroxylation sites is 1. The zero-order chi connectivity index (χ0) is 18.3. The summed E-state index contributed by atoms with van der Waals surface area (Å²) in [5, 5.41) is 7.71. The predicted molar refractivity (Wildman–Crippen MR) is 99.4 cm³/mol. The van der Waals surface area contributed by atoms with Crippen LogP contribution in [0.1, 0.15) is 5.76 Å². The molecule has 132 valence electrons. The first-order chi connectivity index (χ1) is 12.5. The first-order valence-corrected chi connectivity index (χ1v) is 8.85. The fourth-order valence-corrected chi connectivity index (χ4v) is 3.45. The molecule has 4 aromatic rings. The topological polar surface area (TPSA) is 106 Å². The number of benzene rings is 1. The van der Waals surface area contributed by atoms with Gasteiger partial charge in [0, 0.05) is 24.0 Å². The predicted octanol–water partition coefficient (Wildman–Crippen LogP) is 2.44. The summed E-state index contributed by atoms with van der Waals surface area (Å²) in [7, 11) is 1.64. The lowest BCUT2D eigenvalue weighted by Crippen LogP contribution is -2.21. The normalized spacial score (nSPS) is 11.3. The number of nitrogens with zero attached hydrogens (tertiary/aromatic N) is 3. The van der Waals surface area contributed by atoms with Crippen LogP contribution < -0.4 is 10.9 Å². The Bertz CT molecular complexity index is 1190. The number of thioether (sulfide) groups is 1. The van der Waals surface area contributed by atoms with Crippen LogP contribution in [0.4, 0.5) is 5.82 Å². The molecule has 0 radical (unpaired) electrons. The molecule has 0 aliphatic rings. The van der Waals surface area contributed by atoms with Crippen molar-refractivity contribution >= 4 is 45.4 Å². The summed E-state index contributed by atoms with van der Waals surface area (Å²) in [6, 6.07) is 9.24. The first-order valence-electron chi connectivity index (χ1n) is 7.86. The van der Waals surface area contributed by atoms with Crippen molar-refractivity contribution in [3.8, 4) is 0 Å². The van der Waals surface area contributed by atoms with Crippen molar-refractivity contribution in [1.29, 1.82) is 0 Å². The van der Waals surface area contributed by atoms with Crippen LogP contribution in [-0.4, -0.2) is 31.4 Å². The van der Waals surface area contributed by atoms with Crippen molar-refractivity contribution in [2.75, 3.05) is 11.1 Å². The first kappa shape index (κ1) is 16.4. The van der Waals surface area contributed by atoms with Crippen LogP contribution in [0, 0.1) is 6.92 Å². The van der Waals surface area contributed by atoms with Crippen molar-refractivity contribution in [3.05, 3.63) is 46.4 Å². The zero-order valence-electron chi connectivity index (χ0n) is 14.1. The lowest BCUT2D eigenvalue weighted by Gasteiger charge is -2.06. The summed E-state index contributed by atoms with van der Waals surface area (Å²) in [6.07, 6.45) is 0. The van der Waals surface area contributed by atoms with Gasteiger partial charge in [-0.25, -0.2) is 4.98 Å². The van der Waals surface area contributed by atoms with Gasteiger partial charge in [0.05, 0.1) is 5.75 Å². The van der Waals surface area contributed by atoms with Crippen LogP contribution >= 0.6 is 11.8 Å². The highest BCUT2D eigenvalue weighted by molar-refractivity contribution is 7.99. The number of aromatic amines is 1. The molecule has 0 atom stereocenters. The molecule has 26 heavy (non-hydrogen) atoms. The second-order valence-corrected chi connectivity index (χ2v) is 6.75. The molecule has 0 saturated carbocycles. The number of anilines is 1. The molecule has 2 N–H and O–H groups in total. The van der Waals surface area contributed by atoms with E-state index in [1.165, 1.54) is 16.3 Å². The molecule has 4 rings (SSSR count). The van der Waals surface area contributed by atoms with Crippen LogP contribution in [0.3, 0.4) is 0 Å². The Morgan fingerprint density at radius 3 is 2.96 bits per heavy atom. The van der Waals surface area contributed by atoms with Gasteiger partial charge in [0.25, 0.3) is 5.56 Å². The van der Waals surface area contributed by atoms with E-state index in [1.54, 1.807) is 20.0 Å². The SMILES string of the molecule is Cc1cc(NC(=O)CSc2nc3c([nH]c4ccccc43)c(=O)n2C)no1. The van der Waals surface area contributed by atoms with Gasteiger partial charge in [-0.05, 0) is 13.0 Å². The number of aryl methyl sites for hydroxylation is 1. The largest absolute Gasteiger partial charge is 0.360 e. The van der Waals surface area contributed by atoms with Crippen molar-refractivity contribution < 1.29 is 9.32 Å². The molecular weight excluding hydrogens is 354 g/mol. The van der Waals surface area contributed by atoms with Gasteiger partial charge >= 0.3 is 0 Å². The molecule has 0 saturated heterocycles. The Morgan fingerprint density at radius 1 is 1.38 bits per heavy atom. The fourth-order valence-electron chi connectivity index (χ4n) is 2.69. The number of carbonyl (C=O) groups excluding carboxylic acids is 1. The molecule has 1 amide bonds. The van der Waals surface area contributed by atoms with Crippen LogP contribution in [0.2, 0.25) is 0 Å². The third-order valence-electron chi connectivity index (χ3n) is 3.92. The number of hydrogen-bond acceptors (Lipinski definition) is 6. The van der Waals surface area contributed by atoms with Gasteiger partial charge in [-0.2, -0.15) is 0 Å². The minimum Gasteiger partial charge on any atom is -0.360 e. The fraction of sp³-hybridized carbons (Fsp3) is 0.176. The summed E-state index contributed by atoms with van der Waals surface area (Å²) in [4.78, 5) is 32.4. The molecule has 3 heterocycles. The van der Waals surface area contributed by atoms with Crippen molar-refractivity contribution in [1.82, 2.24) is 19.7 Å². The Kier molecular flexibility index (Phi) is 4.00. The molecule has 0 bridgehead atoms. The maximum Gasteiger partial charge on any atom is 0.278 e. The summed E-state index contributed by atoms with van der Waals surface area (Å²) in [6.45, 7) is 1.74. The number of rotatable bonds is 4. The standard InChI is InChI=1S/C17H15N5O3S/c1-9-7-12(21-25-9)19-13(23)8-26-17-20-14-10-5-3-4-6-11(10)18-15(14)16(24)22(17)2/h3-7,18H,8H2,1-2H3,(H,19,21,23). The average molecular weight is 369 g/mol. The summed E-state index contributed by atoms with van der Waals surface area (Å²) in [5.74, 6) is 0.820. The Balaban J connectivity index is 1.61. The molecule has 0 aliphatic carbocycles. The monoisotopic (exact) mass is 369 g/mol. The molecule has 9 heteroatoms. The van der Waals surface area contributed by atoms with Crippen LogP contribution in [0.5, 0.6) is 0 Å². The summed E-state index contributed by atoms with van der Waals surface area (Å²) in [5.41, 5.74) is 1.74. The van der Waals surface area contributed by atoms with Gasteiger partial charge in [0.15, 0.2) is 11.0 Å². The van der Waals surface area contributed by atoms with Gasteiger partial charge in [-0.1, -0.05) is 35.1 Å². The van der Waals surface area contributed by atoms with E-state index in [9.17, 15) is 9.59 Å². The van der Waals surface area contributed by atoms with E-state index >= 15 is 0 Å². The van der Waals surface area contributed by atoms with Crippen LogP contribution in [-0.2, 0) is 11.8 Å². The molecule has 8 nitrogen and oxygen atoms in total. The molecule has 0 unspecified atom stereocenters. The van der Waals surface area contributed by atoms with Crippen LogP contribution in [0.25, 0.3) is 21.9 Å². The number of H-pyrrole nitrogens is 1.